The number of alkyl halides is 3. The van der Waals surface area contributed by atoms with E-state index in [1.54, 1.807) is 54.6 Å². The monoisotopic (exact) mass is 411 g/mol. The van der Waals surface area contributed by atoms with Crippen LogP contribution in [0.1, 0.15) is 5.69 Å². The van der Waals surface area contributed by atoms with Gasteiger partial charge in [-0.1, -0.05) is 51.8 Å². The third-order valence-corrected chi connectivity index (χ3v) is 4.16. The second-order valence-corrected chi connectivity index (χ2v) is 6.49. The van der Waals surface area contributed by atoms with E-state index in [0.717, 1.165) is 10.5 Å². The number of hydrogen-bond donors (Lipinski definition) is 0. The van der Waals surface area contributed by atoms with Crippen LogP contribution in [0, 0.1) is 0 Å². The first kappa shape index (κ1) is 17.0. The second-order valence-electron chi connectivity index (χ2n) is 5.14. The summed E-state index contributed by atoms with van der Waals surface area (Å²) in [4.78, 5) is 3.79. The summed E-state index contributed by atoms with van der Waals surface area (Å²) in [5, 5.41) is 0.524. The summed E-state index contributed by atoms with van der Waals surface area (Å²) >= 11 is 9.17. The molecule has 3 rings (SSSR count). The van der Waals surface area contributed by atoms with Crippen LogP contribution >= 0.6 is 27.5 Å². The topological polar surface area (TPSA) is 12.9 Å². The maximum absolute atomic E-state index is 13.2. The molecule has 0 saturated heterocycles. The lowest BCUT2D eigenvalue weighted by Crippen LogP contribution is -2.09. The maximum atomic E-state index is 13.2. The van der Waals surface area contributed by atoms with E-state index in [4.69, 9.17) is 11.6 Å². The van der Waals surface area contributed by atoms with Gasteiger partial charge in [-0.3, -0.25) is 0 Å². The molecule has 1 nitrogen and oxygen atoms in total. The Labute approximate surface area is 150 Å². The van der Waals surface area contributed by atoms with Gasteiger partial charge in [0.15, 0.2) is 0 Å². The van der Waals surface area contributed by atoms with Crippen molar-refractivity contribution in [1.82, 2.24) is 4.98 Å². The van der Waals surface area contributed by atoms with Gasteiger partial charge in [0, 0.05) is 15.1 Å². The van der Waals surface area contributed by atoms with E-state index in [-0.39, 0.29) is 5.69 Å². The van der Waals surface area contributed by atoms with Crippen molar-refractivity contribution in [2.24, 2.45) is 0 Å². The Bertz CT molecular complexity index is 876. The minimum absolute atomic E-state index is 0.260. The molecule has 1 aromatic heterocycles. The average Bonchev–Trinajstić information content (AvgIpc) is 2.54. The highest BCUT2D eigenvalue weighted by Gasteiger charge is 2.33. The quantitative estimate of drug-likeness (QED) is 0.448. The number of halogens is 5. The van der Waals surface area contributed by atoms with Crippen LogP contribution in [-0.2, 0) is 6.18 Å². The molecule has 0 aliphatic carbocycles. The number of nitrogens with zero attached hydrogens (tertiary/aromatic N) is 1. The minimum Gasteiger partial charge on any atom is -0.243 e. The van der Waals surface area contributed by atoms with Crippen molar-refractivity contribution in [3.8, 4) is 22.4 Å². The molecule has 0 aliphatic rings. The fourth-order valence-electron chi connectivity index (χ4n) is 2.28. The van der Waals surface area contributed by atoms with Crippen molar-refractivity contribution in [3.63, 3.8) is 0 Å². The molecule has 0 saturated carbocycles. The fourth-order valence-corrected chi connectivity index (χ4v) is 2.81. The zero-order valence-electron chi connectivity index (χ0n) is 12.1. The van der Waals surface area contributed by atoms with Crippen molar-refractivity contribution < 1.29 is 13.2 Å². The van der Waals surface area contributed by atoms with Crippen LogP contribution in [0.15, 0.2) is 65.1 Å². The summed E-state index contributed by atoms with van der Waals surface area (Å²) < 4.78 is 40.5. The summed E-state index contributed by atoms with van der Waals surface area (Å²) in [6, 6.07) is 16.3. The minimum atomic E-state index is -4.52. The van der Waals surface area contributed by atoms with E-state index >= 15 is 0 Å². The van der Waals surface area contributed by atoms with E-state index in [1.165, 1.54) is 0 Å². The van der Waals surface area contributed by atoms with Crippen LogP contribution < -0.4 is 0 Å². The maximum Gasteiger partial charge on any atom is 0.433 e. The van der Waals surface area contributed by atoms with Gasteiger partial charge in [0.25, 0.3) is 0 Å². The lowest BCUT2D eigenvalue weighted by atomic mass is 10.0. The molecule has 0 bridgehead atoms. The van der Waals surface area contributed by atoms with Gasteiger partial charge in [-0.2, -0.15) is 13.2 Å². The number of rotatable bonds is 2. The lowest BCUT2D eigenvalue weighted by molar-refractivity contribution is -0.141. The molecule has 0 amide bonds. The highest BCUT2D eigenvalue weighted by Crippen LogP contribution is 2.34. The van der Waals surface area contributed by atoms with Gasteiger partial charge in [0.1, 0.15) is 5.69 Å². The van der Waals surface area contributed by atoms with E-state index in [9.17, 15) is 13.2 Å². The first-order valence-electron chi connectivity index (χ1n) is 6.94. The van der Waals surface area contributed by atoms with E-state index < -0.39 is 11.9 Å². The zero-order chi connectivity index (χ0) is 17.3. The predicted octanol–water partition coefficient (Wildman–Crippen LogP) is 6.85. The van der Waals surface area contributed by atoms with Crippen LogP contribution in [-0.4, -0.2) is 4.98 Å². The third kappa shape index (κ3) is 3.79. The first-order chi connectivity index (χ1) is 11.3. The van der Waals surface area contributed by atoms with Crippen molar-refractivity contribution in [2.75, 3.05) is 0 Å². The summed E-state index contributed by atoms with van der Waals surface area (Å²) in [7, 11) is 0. The van der Waals surface area contributed by atoms with Crippen molar-refractivity contribution in [1.29, 1.82) is 0 Å². The van der Waals surface area contributed by atoms with Crippen molar-refractivity contribution in [2.45, 2.75) is 6.18 Å². The number of pyridine rings is 1. The Balaban J connectivity index is 2.19. The van der Waals surface area contributed by atoms with Gasteiger partial charge in [0.2, 0.25) is 0 Å². The molecule has 0 N–H and O–H groups in total. The molecule has 0 unspecified atom stereocenters. The molecule has 122 valence electrons. The number of hydrogen-bond acceptors (Lipinski definition) is 1. The Kier molecular flexibility index (Phi) is 4.65. The Morgan fingerprint density at radius 1 is 0.833 bits per heavy atom. The molecule has 0 aliphatic heterocycles. The van der Waals surface area contributed by atoms with Crippen LogP contribution in [0.5, 0.6) is 0 Å². The number of aromatic nitrogens is 1. The summed E-state index contributed by atoms with van der Waals surface area (Å²) in [5.41, 5.74) is 1.01. The fraction of sp³-hybridized carbons (Fsp3) is 0.0556. The molecular weight excluding hydrogens is 403 g/mol. The van der Waals surface area contributed by atoms with Gasteiger partial charge in [0.05, 0.1) is 5.69 Å². The Morgan fingerprint density at radius 2 is 1.54 bits per heavy atom. The van der Waals surface area contributed by atoms with Gasteiger partial charge >= 0.3 is 6.18 Å². The van der Waals surface area contributed by atoms with Crippen LogP contribution in [0.3, 0.4) is 0 Å². The van der Waals surface area contributed by atoms with Crippen molar-refractivity contribution in [3.05, 3.63) is 75.9 Å². The molecule has 24 heavy (non-hydrogen) atoms. The molecule has 0 fully saturated rings. The van der Waals surface area contributed by atoms with Gasteiger partial charge in [-0.25, -0.2) is 4.98 Å². The largest absolute Gasteiger partial charge is 0.433 e. The Hall–Kier alpha value is -1.85. The second kappa shape index (κ2) is 6.57. The SMILES string of the molecule is FC(F)(F)c1cc(-c2ccc(Cl)cc2)cc(-c2cccc(Br)c2)n1. The number of benzene rings is 2. The van der Waals surface area contributed by atoms with Crippen LogP contribution in [0.4, 0.5) is 13.2 Å². The van der Waals surface area contributed by atoms with E-state index in [0.29, 0.717) is 21.7 Å². The molecular formula is C18H10BrClF3N. The van der Waals surface area contributed by atoms with Crippen LogP contribution in [0.25, 0.3) is 22.4 Å². The highest BCUT2D eigenvalue weighted by atomic mass is 79.9. The van der Waals surface area contributed by atoms with E-state index in [2.05, 4.69) is 20.9 Å². The van der Waals surface area contributed by atoms with E-state index in [1.807, 2.05) is 0 Å². The average molecular weight is 413 g/mol. The molecule has 3 aromatic rings. The molecule has 1 heterocycles. The van der Waals surface area contributed by atoms with Crippen LogP contribution in [0.2, 0.25) is 5.02 Å². The predicted molar refractivity (Wildman–Crippen MR) is 92.8 cm³/mol. The molecule has 2 aromatic carbocycles. The summed E-state index contributed by atoms with van der Waals surface area (Å²) in [5.74, 6) is 0. The molecule has 6 heteroatoms. The van der Waals surface area contributed by atoms with Gasteiger partial charge in [-0.05, 0) is 47.5 Å². The summed E-state index contributed by atoms with van der Waals surface area (Å²) in [6.07, 6.45) is -4.52. The van der Waals surface area contributed by atoms with Crippen molar-refractivity contribution >= 4 is 27.5 Å². The zero-order valence-corrected chi connectivity index (χ0v) is 14.5. The molecule has 0 spiro atoms. The van der Waals surface area contributed by atoms with Gasteiger partial charge < -0.3 is 0 Å². The standard InChI is InChI=1S/C18H10BrClF3N/c19-14-3-1-2-12(8-14)16-9-13(10-17(24-16)18(21,22)23)11-4-6-15(20)7-5-11/h1-10H. The Morgan fingerprint density at radius 3 is 2.17 bits per heavy atom. The normalized spacial score (nSPS) is 11.5. The molecule has 0 radical (unpaired) electrons. The first-order valence-corrected chi connectivity index (χ1v) is 8.11. The third-order valence-electron chi connectivity index (χ3n) is 3.41. The summed E-state index contributed by atoms with van der Waals surface area (Å²) in [6.45, 7) is 0. The highest BCUT2D eigenvalue weighted by molar-refractivity contribution is 9.10. The molecule has 0 atom stereocenters. The lowest BCUT2D eigenvalue weighted by Gasteiger charge is -2.12. The van der Waals surface area contributed by atoms with Gasteiger partial charge in [-0.15, -0.1) is 0 Å². The smallest absolute Gasteiger partial charge is 0.243 e.